The van der Waals surface area contributed by atoms with Crippen LogP contribution in [0.4, 0.5) is 11.4 Å². The van der Waals surface area contributed by atoms with E-state index in [0.29, 0.717) is 12.2 Å². The molecule has 1 aliphatic rings. The number of benzene rings is 2. The van der Waals surface area contributed by atoms with Crippen LogP contribution >= 0.6 is 0 Å². The molecule has 29 heavy (non-hydrogen) atoms. The van der Waals surface area contributed by atoms with Crippen molar-refractivity contribution in [3.05, 3.63) is 71.4 Å². The zero-order valence-electron chi connectivity index (χ0n) is 17.1. The molecule has 0 aliphatic carbocycles. The average molecular weight is 394 g/mol. The van der Waals surface area contributed by atoms with Gasteiger partial charge in [0, 0.05) is 11.4 Å². The van der Waals surface area contributed by atoms with Gasteiger partial charge in [0.25, 0.3) is 0 Å². The first kappa shape index (κ1) is 20.5. The average Bonchev–Trinajstić information content (AvgIpc) is 2.74. The predicted octanol–water partition coefficient (Wildman–Crippen LogP) is 3.66. The zero-order chi connectivity index (χ0) is 20.8. The Morgan fingerprint density at radius 3 is 2.17 bits per heavy atom. The standard InChI is InChI=1S/C23H26N2O4/c1-4-28-22(26)19-15-24(20-14-10-9-11-17(20)3)16-25(18-12-7-6-8-13-18)21(19)23(27)29-5-2/h6-14H,4-5,15-16H2,1-3H3. The zero-order valence-corrected chi connectivity index (χ0v) is 17.1. The van der Waals surface area contributed by atoms with E-state index in [2.05, 4.69) is 4.90 Å². The van der Waals surface area contributed by atoms with Crippen LogP contribution in [0, 0.1) is 6.92 Å². The minimum absolute atomic E-state index is 0.225. The van der Waals surface area contributed by atoms with Gasteiger partial charge in [0.1, 0.15) is 5.70 Å². The minimum atomic E-state index is -0.524. The van der Waals surface area contributed by atoms with E-state index in [4.69, 9.17) is 9.47 Å². The number of aryl methyl sites for hydroxylation is 1. The van der Waals surface area contributed by atoms with Crippen molar-refractivity contribution in [2.45, 2.75) is 20.8 Å². The lowest BCUT2D eigenvalue weighted by atomic mass is 10.1. The van der Waals surface area contributed by atoms with Crippen LogP contribution in [0.15, 0.2) is 65.9 Å². The first-order chi connectivity index (χ1) is 14.1. The predicted molar refractivity (Wildman–Crippen MR) is 113 cm³/mol. The summed E-state index contributed by atoms with van der Waals surface area (Å²) in [6, 6.07) is 17.5. The quantitative estimate of drug-likeness (QED) is 0.697. The molecule has 0 atom stereocenters. The third-order valence-electron chi connectivity index (χ3n) is 4.73. The van der Waals surface area contributed by atoms with Crippen molar-refractivity contribution in [2.24, 2.45) is 0 Å². The van der Waals surface area contributed by atoms with Gasteiger partial charge < -0.3 is 19.3 Å². The van der Waals surface area contributed by atoms with Gasteiger partial charge in [-0.25, -0.2) is 9.59 Å². The van der Waals surface area contributed by atoms with Crippen molar-refractivity contribution in [2.75, 3.05) is 36.2 Å². The lowest BCUT2D eigenvalue weighted by Gasteiger charge is -2.40. The first-order valence-electron chi connectivity index (χ1n) is 9.77. The van der Waals surface area contributed by atoms with Gasteiger partial charge in [-0.3, -0.25) is 0 Å². The Labute approximate surface area is 171 Å². The van der Waals surface area contributed by atoms with E-state index < -0.39 is 11.9 Å². The van der Waals surface area contributed by atoms with E-state index in [1.165, 1.54) is 0 Å². The third kappa shape index (κ3) is 4.42. The molecule has 2 aromatic rings. The maximum Gasteiger partial charge on any atom is 0.355 e. The van der Waals surface area contributed by atoms with Crippen LogP contribution in [0.25, 0.3) is 0 Å². The molecule has 0 bridgehead atoms. The van der Waals surface area contributed by atoms with Crippen LogP contribution in [0.2, 0.25) is 0 Å². The molecule has 1 aliphatic heterocycles. The Bertz CT molecular complexity index is 908. The lowest BCUT2D eigenvalue weighted by Crippen LogP contribution is -2.48. The van der Waals surface area contributed by atoms with Crippen LogP contribution in [-0.4, -0.2) is 38.4 Å². The lowest BCUT2D eigenvalue weighted by molar-refractivity contribution is -0.142. The van der Waals surface area contributed by atoms with Crippen LogP contribution in [0.1, 0.15) is 19.4 Å². The SMILES string of the molecule is CCOC(=O)C1=C(C(=O)OCC)N(c2ccccc2)CN(c2ccccc2C)C1. The molecule has 0 spiro atoms. The van der Waals surface area contributed by atoms with E-state index in [9.17, 15) is 9.59 Å². The Morgan fingerprint density at radius 2 is 1.52 bits per heavy atom. The highest BCUT2D eigenvalue weighted by Crippen LogP contribution is 2.31. The van der Waals surface area contributed by atoms with E-state index >= 15 is 0 Å². The number of hydrogen-bond acceptors (Lipinski definition) is 6. The molecule has 6 nitrogen and oxygen atoms in total. The summed E-state index contributed by atoms with van der Waals surface area (Å²) >= 11 is 0. The van der Waals surface area contributed by atoms with E-state index in [-0.39, 0.29) is 25.5 Å². The largest absolute Gasteiger partial charge is 0.463 e. The molecule has 2 aromatic carbocycles. The number of esters is 2. The minimum Gasteiger partial charge on any atom is -0.463 e. The molecular weight excluding hydrogens is 368 g/mol. The molecule has 0 amide bonds. The van der Waals surface area contributed by atoms with Crippen molar-refractivity contribution in [1.82, 2.24) is 0 Å². The summed E-state index contributed by atoms with van der Waals surface area (Å²) in [5.74, 6) is -1.03. The van der Waals surface area contributed by atoms with Crippen LogP contribution in [0.3, 0.4) is 0 Å². The number of rotatable bonds is 6. The number of carbonyl (C=O) groups excluding carboxylic acids is 2. The van der Waals surface area contributed by atoms with Gasteiger partial charge >= 0.3 is 11.9 Å². The molecule has 0 unspecified atom stereocenters. The summed E-state index contributed by atoms with van der Waals surface area (Å²) in [7, 11) is 0. The molecule has 3 rings (SSSR count). The Morgan fingerprint density at radius 1 is 0.897 bits per heavy atom. The highest BCUT2D eigenvalue weighted by atomic mass is 16.5. The first-order valence-corrected chi connectivity index (χ1v) is 9.77. The van der Waals surface area contributed by atoms with Crippen LogP contribution < -0.4 is 9.80 Å². The normalized spacial score (nSPS) is 14.0. The maximum atomic E-state index is 12.9. The summed E-state index contributed by atoms with van der Waals surface area (Å²) in [6.45, 7) is 6.65. The molecule has 0 saturated carbocycles. The van der Waals surface area contributed by atoms with Gasteiger partial charge in [0.15, 0.2) is 0 Å². The van der Waals surface area contributed by atoms with E-state index in [0.717, 1.165) is 16.9 Å². The summed E-state index contributed by atoms with van der Waals surface area (Å²) in [4.78, 5) is 29.6. The fourth-order valence-electron chi connectivity index (χ4n) is 3.43. The Kier molecular flexibility index (Phi) is 6.54. The molecule has 0 saturated heterocycles. The summed E-state index contributed by atoms with van der Waals surface area (Å²) < 4.78 is 10.6. The van der Waals surface area contributed by atoms with Gasteiger partial charge in [-0.2, -0.15) is 0 Å². The fraction of sp³-hybridized carbons (Fsp3) is 0.304. The second kappa shape index (κ2) is 9.28. The van der Waals surface area contributed by atoms with Crippen molar-refractivity contribution in [3.8, 4) is 0 Å². The van der Waals surface area contributed by atoms with Gasteiger partial charge in [-0.15, -0.1) is 0 Å². The summed E-state index contributed by atoms with van der Waals surface area (Å²) in [5, 5.41) is 0. The second-order valence-corrected chi connectivity index (χ2v) is 6.66. The molecule has 0 aromatic heterocycles. The highest BCUT2D eigenvalue weighted by Gasteiger charge is 2.35. The van der Waals surface area contributed by atoms with Gasteiger partial charge in [0.2, 0.25) is 0 Å². The molecule has 6 heteroatoms. The maximum absolute atomic E-state index is 12.9. The summed E-state index contributed by atoms with van der Waals surface area (Å²) in [6.07, 6.45) is 0. The van der Waals surface area contributed by atoms with Gasteiger partial charge in [0.05, 0.1) is 32.0 Å². The number of carbonyl (C=O) groups is 2. The number of anilines is 2. The van der Waals surface area contributed by atoms with Crippen molar-refractivity contribution >= 4 is 23.3 Å². The smallest absolute Gasteiger partial charge is 0.355 e. The van der Waals surface area contributed by atoms with Crippen molar-refractivity contribution in [1.29, 1.82) is 0 Å². The molecule has 0 N–H and O–H groups in total. The molecule has 1 heterocycles. The van der Waals surface area contributed by atoms with Gasteiger partial charge in [-0.05, 0) is 44.5 Å². The fourth-order valence-corrected chi connectivity index (χ4v) is 3.43. The monoisotopic (exact) mass is 394 g/mol. The molecule has 152 valence electrons. The number of ether oxygens (including phenoxy) is 2. The van der Waals surface area contributed by atoms with Gasteiger partial charge in [-0.1, -0.05) is 36.4 Å². The Hall–Kier alpha value is -3.28. The van der Waals surface area contributed by atoms with E-state index in [1.807, 2.05) is 66.4 Å². The van der Waals surface area contributed by atoms with Crippen molar-refractivity contribution in [3.63, 3.8) is 0 Å². The number of hydrogen-bond donors (Lipinski definition) is 0. The number of para-hydroxylation sites is 2. The Balaban J connectivity index is 2.15. The molecule has 0 radical (unpaired) electrons. The third-order valence-corrected chi connectivity index (χ3v) is 4.73. The summed E-state index contributed by atoms with van der Waals surface area (Å²) in [5.41, 5.74) is 3.42. The topological polar surface area (TPSA) is 59.1 Å². The number of nitrogens with zero attached hydrogens (tertiary/aromatic N) is 2. The van der Waals surface area contributed by atoms with Crippen LogP contribution in [-0.2, 0) is 19.1 Å². The molecular formula is C23H26N2O4. The second-order valence-electron chi connectivity index (χ2n) is 6.66. The molecule has 0 fully saturated rings. The highest BCUT2D eigenvalue weighted by molar-refractivity contribution is 6.04. The van der Waals surface area contributed by atoms with Crippen LogP contribution in [0.5, 0.6) is 0 Å². The van der Waals surface area contributed by atoms with Crippen molar-refractivity contribution < 1.29 is 19.1 Å². The van der Waals surface area contributed by atoms with E-state index in [1.54, 1.807) is 13.8 Å².